The number of halogens is 1. The fourth-order valence-corrected chi connectivity index (χ4v) is 1.99. The molecule has 1 N–H and O–H groups in total. The predicted octanol–water partition coefficient (Wildman–Crippen LogP) is 2.62. The van der Waals surface area contributed by atoms with Crippen molar-refractivity contribution in [2.75, 3.05) is 6.54 Å². The molecule has 108 valence electrons. The highest BCUT2D eigenvalue weighted by atomic mass is 35.5. The number of nitro benzene ring substituents is 1. The second kappa shape index (κ2) is 6.81. The molecule has 1 aromatic carbocycles. The van der Waals surface area contributed by atoms with Crippen LogP contribution < -0.4 is 5.32 Å². The second-order valence-corrected chi connectivity index (χ2v) is 4.72. The predicted molar refractivity (Wildman–Crippen MR) is 78.4 cm³/mol. The summed E-state index contributed by atoms with van der Waals surface area (Å²) < 4.78 is 0. The number of pyridine rings is 1. The third-order valence-electron chi connectivity index (χ3n) is 2.85. The minimum Gasteiger partial charge on any atom is -0.351 e. The molecule has 0 bridgehead atoms. The van der Waals surface area contributed by atoms with Gasteiger partial charge in [-0.3, -0.25) is 19.9 Å². The maximum atomic E-state index is 12.0. The van der Waals surface area contributed by atoms with Crippen LogP contribution in [0.5, 0.6) is 0 Å². The Morgan fingerprint density at radius 3 is 2.67 bits per heavy atom. The zero-order valence-corrected chi connectivity index (χ0v) is 11.7. The minimum absolute atomic E-state index is 0.0396. The van der Waals surface area contributed by atoms with Gasteiger partial charge in [0.1, 0.15) is 5.56 Å². The first-order valence-corrected chi connectivity index (χ1v) is 6.57. The van der Waals surface area contributed by atoms with Gasteiger partial charge in [-0.1, -0.05) is 11.6 Å². The highest BCUT2D eigenvalue weighted by molar-refractivity contribution is 6.31. The Hall–Kier alpha value is -2.47. The van der Waals surface area contributed by atoms with Gasteiger partial charge in [0, 0.05) is 30.0 Å². The maximum Gasteiger partial charge on any atom is 0.282 e. The molecule has 0 aliphatic carbocycles. The van der Waals surface area contributed by atoms with E-state index in [0.717, 1.165) is 5.56 Å². The maximum absolute atomic E-state index is 12.0. The van der Waals surface area contributed by atoms with E-state index < -0.39 is 10.8 Å². The van der Waals surface area contributed by atoms with Gasteiger partial charge in [-0.15, -0.1) is 0 Å². The summed E-state index contributed by atoms with van der Waals surface area (Å²) in [7, 11) is 0. The van der Waals surface area contributed by atoms with Crippen molar-refractivity contribution in [1.82, 2.24) is 10.3 Å². The fourth-order valence-electron chi connectivity index (χ4n) is 1.81. The lowest BCUT2D eigenvalue weighted by molar-refractivity contribution is -0.385. The monoisotopic (exact) mass is 305 g/mol. The molecular weight excluding hydrogens is 294 g/mol. The van der Waals surface area contributed by atoms with Gasteiger partial charge in [0.25, 0.3) is 11.6 Å². The average Bonchev–Trinajstić information content (AvgIpc) is 2.47. The summed E-state index contributed by atoms with van der Waals surface area (Å²) in [5.74, 6) is -0.516. The second-order valence-electron chi connectivity index (χ2n) is 4.28. The molecule has 7 heteroatoms. The summed E-state index contributed by atoms with van der Waals surface area (Å²) in [6.45, 7) is 0.368. The van der Waals surface area contributed by atoms with E-state index in [9.17, 15) is 14.9 Å². The molecular formula is C14H12ClN3O3. The Kier molecular flexibility index (Phi) is 4.84. The SMILES string of the molecule is O=C(NCCc1ccncc1)c1cc(Cl)ccc1[N+](=O)[O-]. The Labute approximate surface area is 125 Å². The Morgan fingerprint density at radius 1 is 1.29 bits per heavy atom. The number of aromatic nitrogens is 1. The van der Waals surface area contributed by atoms with Crippen LogP contribution in [-0.2, 0) is 6.42 Å². The number of benzene rings is 1. The number of hydrogen-bond acceptors (Lipinski definition) is 4. The van der Waals surface area contributed by atoms with Crippen LogP contribution in [0.25, 0.3) is 0 Å². The van der Waals surface area contributed by atoms with Gasteiger partial charge in [-0.2, -0.15) is 0 Å². The van der Waals surface area contributed by atoms with E-state index in [1.54, 1.807) is 12.4 Å². The highest BCUT2D eigenvalue weighted by Gasteiger charge is 2.20. The first-order chi connectivity index (χ1) is 10.1. The molecule has 0 fully saturated rings. The lowest BCUT2D eigenvalue weighted by atomic mass is 10.1. The summed E-state index contributed by atoms with van der Waals surface area (Å²) in [4.78, 5) is 26.2. The number of carbonyl (C=O) groups excluding carboxylic acids is 1. The van der Waals surface area contributed by atoms with E-state index >= 15 is 0 Å². The number of rotatable bonds is 5. The standard InChI is InChI=1S/C14H12ClN3O3/c15-11-1-2-13(18(20)21)12(9-11)14(19)17-8-5-10-3-6-16-7-4-10/h1-4,6-7,9H,5,8H2,(H,17,19). The molecule has 1 heterocycles. The van der Waals surface area contributed by atoms with E-state index in [0.29, 0.717) is 13.0 Å². The first-order valence-electron chi connectivity index (χ1n) is 6.19. The van der Waals surface area contributed by atoms with Crippen LogP contribution in [-0.4, -0.2) is 22.4 Å². The van der Waals surface area contributed by atoms with Crippen LogP contribution in [0.1, 0.15) is 15.9 Å². The third-order valence-corrected chi connectivity index (χ3v) is 3.08. The third kappa shape index (κ3) is 4.00. The van der Waals surface area contributed by atoms with Crippen LogP contribution in [0.2, 0.25) is 5.02 Å². The lowest BCUT2D eigenvalue weighted by Gasteiger charge is -2.06. The van der Waals surface area contributed by atoms with Gasteiger partial charge in [-0.05, 0) is 36.2 Å². The van der Waals surface area contributed by atoms with Crippen LogP contribution in [0.4, 0.5) is 5.69 Å². The van der Waals surface area contributed by atoms with Crippen molar-refractivity contribution in [3.63, 3.8) is 0 Å². The van der Waals surface area contributed by atoms with Crippen molar-refractivity contribution in [3.05, 3.63) is 69.0 Å². The lowest BCUT2D eigenvalue weighted by Crippen LogP contribution is -2.26. The van der Waals surface area contributed by atoms with Crippen molar-refractivity contribution >= 4 is 23.2 Å². The van der Waals surface area contributed by atoms with Crippen molar-refractivity contribution in [2.24, 2.45) is 0 Å². The Balaban J connectivity index is 2.03. The number of carbonyl (C=O) groups is 1. The van der Waals surface area contributed by atoms with E-state index in [4.69, 9.17) is 11.6 Å². The van der Waals surface area contributed by atoms with Crippen LogP contribution in [0, 0.1) is 10.1 Å². The fraction of sp³-hybridized carbons (Fsp3) is 0.143. The topological polar surface area (TPSA) is 85.1 Å². The van der Waals surface area contributed by atoms with E-state index in [2.05, 4.69) is 10.3 Å². The summed E-state index contributed by atoms with van der Waals surface area (Å²) in [5, 5.41) is 13.8. The van der Waals surface area contributed by atoms with Gasteiger partial charge in [0.05, 0.1) is 4.92 Å². The largest absolute Gasteiger partial charge is 0.351 e. The Bertz CT molecular complexity index is 662. The van der Waals surface area contributed by atoms with Gasteiger partial charge >= 0.3 is 0 Å². The molecule has 2 rings (SSSR count). The van der Waals surface area contributed by atoms with E-state index in [1.165, 1.54) is 18.2 Å². The molecule has 1 aromatic heterocycles. The Morgan fingerprint density at radius 2 is 2.00 bits per heavy atom. The van der Waals surface area contributed by atoms with Gasteiger partial charge in [0.15, 0.2) is 0 Å². The van der Waals surface area contributed by atoms with Crippen molar-refractivity contribution in [3.8, 4) is 0 Å². The van der Waals surface area contributed by atoms with Crippen molar-refractivity contribution < 1.29 is 9.72 Å². The summed E-state index contributed by atoms with van der Waals surface area (Å²) in [5.41, 5.74) is 0.717. The van der Waals surface area contributed by atoms with Gasteiger partial charge in [-0.25, -0.2) is 0 Å². The van der Waals surface area contributed by atoms with E-state index in [-0.39, 0.29) is 16.3 Å². The number of nitrogens with zero attached hydrogens (tertiary/aromatic N) is 2. The van der Waals surface area contributed by atoms with Crippen LogP contribution in [0.15, 0.2) is 42.7 Å². The molecule has 0 unspecified atom stereocenters. The molecule has 0 aliphatic heterocycles. The molecule has 0 spiro atoms. The van der Waals surface area contributed by atoms with Crippen LogP contribution in [0.3, 0.4) is 0 Å². The zero-order valence-electron chi connectivity index (χ0n) is 11.0. The number of hydrogen-bond donors (Lipinski definition) is 1. The number of amides is 1. The molecule has 1 amide bonds. The highest BCUT2D eigenvalue weighted by Crippen LogP contribution is 2.22. The van der Waals surface area contributed by atoms with Crippen molar-refractivity contribution in [2.45, 2.75) is 6.42 Å². The minimum atomic E-state index is -0.603. The molecule has 0 aliphatic rings. The molecule has 21 heavy (non-hydrogen) atoms. The molecule has 6 nitrogen and oxygen atoms in total. The van der Waals surface area contributed by atoms with Crippen molar-refractivity contribution in [1.29, 1.82) is 0 Å². The molecule has 0 radical (unpaired) electrons. The molecule has 0 atom stereocenters. The summed E-state index contributed by atoms with van der Waals surface area (Å²) in [6.07, 6.45) is 3.94. The van der Waals surface area contributed by atoms with Gasteiger partial charge in [0.2, 0.25) is 0 Å². The quantitative estimate of drug-likeness (QED) is 0.679. The number of nitrogens with one attached hydrogen (secondary N) is 1. The average molecular weight is 306 g/mol. The summed E-state index contributed by atoms with van der Waals surface area (Å²) in [6, 6.07) is 7.58. The van der Waals surface area contributed by atoms with E-state index in [1.807, 2.05) is 12.1 Å². The normalized spacial score (nSPS) is 10.1. The molecule has 2 aromatic rings. The molecule has 0 saturated heterocycles. The zero-order chi connectivity index (χ0) is 15.2. The smallest absolute Gasteiger partial charge is 0.282 e. The number of nitro groups is 1. The summed E-state index contributed by atoms with van der Waals surface area (Å²) >= 11 is 5.79. The van der Waals surface area contributed by atoms with Crippen LogP contribution >= 0.6 is 11.6 Å². The van der Waals surface area contributed by atoms with Gasteiger partial charge < -0.3 is 5.32 Å². The molecule has 0 saturated carbocycles. The first kappa shape index (κ1) is 14.9.